The Morgan fingerprint density at radius 1 is 1.29 bits per heavy atom. The van der Waals surface area contributed by atoms with Crippen LogP contribution in [0.15, 0.2) is 40.2 Å². The molecule has 0 aliphatic rings. The van der Waals surface area contributed by atoms with E-state index in [0.717, 1.165) is 15.8 Å². The summed E-state index contributed by atoms with van der Waals surface area (Å²) in [5, 5.41) is 11.4. The van der Waals surface area contributed by atoms with Gasteiger partial charge >= 0.3 is 0 Å². The Hall–Kier alpha value is -0.840. The Morgan fingerprint density at radius 2 is 2.00 bits per heavy atom. The molecule has 0 fully saturated rings. The molecular formula is C13H13BrO2S. The van der Waals surface area contributed by atoms with Crippen LogP contribution >= 0.6 is 27.3 Å². The molecule has 90 valence electrons. The standard InChI is InChI=1S/C13H13BrO2S/c1-9(15)10-2-4-11(5-3-10)16-8-13-12(14)6-7-17-13/h2-7,9,15H,8H2,1H3/t9-/m0/s1. The van der Waals surface area contributed by atoms with E-state index >= 15 is 0 Å². The summed E-state index contributed by atoms with van der Waals surface area (Å²) in [5.74, 6) is 0.815. The van der Waals surface area contributed by atoms with Gasteiger partial charge in [0.2, 0.25) is 0 Å². The molecule has 2 nitrogen and oxygen atoms in total. The summed E-state index contributed by atoms with van der Waals surface area (Å²) >= 11 is 5.13. The molecule has 0 unspecified atom stereocenters. The fraction of sp³-hybridized carbons (Fsp3) is 0.231. The number of halogens is 1. The minimum absolute atomic E-state index is 0.435. The molecule has 0 bridgehead atoms. The summed E-state index contributed by atoms with van der Waals surface area (Å²) < 4.78 is 6.75. The van der Waals surface area contributed by atoms with E-state index in [1.54, 1.807) is 18.3 Å². The van der Waals surface area contributed by atoms with E-state index < -0.39 is 6.10 Å². The number of thiophene rings is 1. The zero-order valence-electron chi connectivity index (χ0n) is 9.39. The maximum absolute atomic E-state index is 9.39. The van der Waals surface area contributed by atoms with Crippen molar-refractivity contribution < 1.29 is 9.84 Å². The average Bonchev–Trinajstić information content (AvgIpc) is 2.73. The summed E-state index contributed by atoms with van der Waals surface area (Å²) in [7, 11) is 0. The van der Waals surface area contributed by atoms with Gasteiger partial charge in [-0.05, 0) is 52.0 Å². The van der Waals surface area contributed by atoms with E-state index in [4.69, 9.17) is 4.74 Å². The summed E-state index contributed by atoms with van der Waals surface area (Å²) in [4.78, 5) is 1.17. The van der Waals surface area contributed by atoms with Crippen molar-refractivity contribution in [1.29, 1.82) is 0 Å². The Bertz CT molecular complexity index is 476. The highest BCUT2D eigenvalue weighted by Gasteiger charge is 2.03. The van der Waals surface area contributed by atoms with Crippen molar-refractivity contribution in [1.82, 2.24) is 0 Å². The highest BCUT2D eigenvalue weighted by Crippen LogP contribution is 2.25. The van der Waals surface area contributed by atoms with Gasteiger partial charge < -0.3 is 9.84 Å². The summed E-state index contributed by atoms with van der Waals surface area (Å²) in [6.45, 7) is 2.31. The van der Waals surface area contributed by atoms with Gasteiger partial charge in [-0.25, -0.2) is 0 Å². The number of aliphatic hydroxyl groups is 1. The summed E-state index contributed by atoms with van der Waals surface area (Å²) in [5.41, 5.74) is 0.898. The van der Waals surface area contributed by atoms with Gasteiger partial charge in [-0.3, -0.25) is 0 Å². The van der Waals surface area contributed by atoms with Crippen molar-refractivity contribution in [3.8, 4) is 5.75 Å². The molecule has 1 N–H and O–H groups in total. The lowest BCUT2D eigenvalue weighted by Crippen LogP contribution is -1.95. The Balaban J connectivity index is 1.98. The van der Waals surface area contributed by atoms with Crippen LogP contribution in [0.1, 0.15) is 23.5 Å². The molecule has 0 spiro atoms. The van der Waals surface area contributed by atoms with Gasteiger partial charge in [0, 0.05) is 4.47 Å². The molecule has 0 saturated carbocycles. The molecule has 2 aromatic rings. The molecule has 1 aromatic heterocycles. The predicted molar refractivity (Wildman–Crippen MR) is 73.4 cm³/mol. The van der Waals surface area contributed by atoms with Crippen LogP contribution in [0.5, 0.6) is 5.75 Å². The molecule has 1 heterocycles. The minimum atomic E-state index is -0.435. The normalized spacial score (nSPS) is 12.4. The smallest absolute Gasteiger partial charge is 0.124 e. The summed E-state index contributed by atoms with van der Waals surface area (Å²) in [6, 6.07) is 9.53. The number of benzene rings is 1. The second kappa shape index (κ2) is 5.67. The predicted octanol–water partition coefficient (Wildman–Crippen LogP) is 4.14. The topological polar surface area (TPSA) is 29.5 Å². The van der Waals surface area contributed by atoms with E-state index in [9.17, 15) is 5.11 Å². The van der Waals surface area contributed by atoms with Crippen LogP contribution in [-0.4, -0.2) is 5.11 Å². The van der Waals surface area contributed by atoms with Crippen molar-refractivity contribution in [2.24, 2.45) is 0 Å². The molecule has 4 heteroatoms. The van der Waals surface area contributed by atoms with Crippen molar-refractivity contribution in [2.45, 2.75) is 19.6 Å². The third-order valence-corrected chi connectivity index (χ3v) is 4.32. The van der Waals surface area contributed by atoms with E-state index in [1.807, 2.05) is 35.7 Å². The molecule has 0 aliphatic carbocycles. The van der Waals surface area contributed by atoms with Gasteiger partial charge in [0.1, 0.15) is 12.4 Å². The van der Waals surface area contributed by atoms with Crippen LogP contribution in [0.3, 0.4) is 0 Å². The number of hydrogen-bond acceptors (Lipinski definition) is 3. The van der Waals surface area contributed by atoms with Gasteiger partial charge in [0.15, 0.2) is 0 Å². The molecule has 0 amide bonds. The van der Waals surface area contributed by atoms with Crippen LogP contribution < -0.4 is 4.74 Å². The highest BCUT2D eigenvalue weighted by molar-refractivity contribution is 9.10. The first-order valence-electron chi connectivity index (χ1n) is 5.29. The van der Waals surface area contributed by atoms with E-state index in [0.29, 0.717) is 6.61 Å². The SMILES string of the molecule is C[C@H](O)c1ccc(OCc2sccc2Br)cc1. The van der Waals surface area contributed by atoms with Crippen LogP contribution in [0.25, 0.3) is 0 Å². The minimum Gasteiger partial charge on any atom is -0.488 e. The second-order valence-electron chi connectivity index (χ2n) is 3.73. The Labute approximate surface area is 113 Å². The molecule has 1 aromatic carbocycles. The lowest BCUT2D eigenvalue weighted by atomic mass is 10.1. The monoisotopic (exact) mass is 312 g/mol. The number of hydrogen-bond donors (Lipinski definition) is 1. The first-order chi connectivity index (χ1) is 8.16. The fourth-order valence-corrected chi connectivity index (χ4v) is 2.80. The maximum Gasteiger partial charge on any atom is 0.124 e. The number of rotatable bonds is 4. The van der Waals surface area contributed by atoms with E-state index in [-0.39, 0.29) is 0 Å². The highest BCUT2D eigenvalue weighted by atomic mass is 79.9. The van der Waals surface area contributed by atoms with Crippen LogP contribution in [0.4, 0.5) is 0 Å². The van der Waals surface area contributed by atoms with Crippen molar-refractivity contribution in [3.05, 3.63) is 50.6 Å². The van der Waals surface area contributed by atoms with Crippen LogP contribution in [0.2, 0.25) is 0 Å². The van der Waals surface area contributed by atoms with E-state index in [2.05, 4.69) is 15.9 Å². The van der Waals surface area contributed by atoms with E-state index in [1.165, 1.54) is 4.88 Å². The quantitative estimate of drug-likeness (QED) is 0.919. The third-order valence-electron chi connectivity index (χ3n) is 2.42. The van der Waals surface area contributed by atoms with Crippen LogP contribution in [-0.2, 0) is 6.61 Å². The molecule has 0 saturated heterocycles. The third kappa shape index (κ3) is 3.31. The summed E-state index contributed by atoms with van der Waals surface area (Å²) in [6.07, 6.45) is -0.435. The Kier molecular flexibility index (Phi) is 4.20. The van der Waals surface area contributed by atoms with Gasteiger partial charge in [-0.2, -0.15) is 0 Å². The first-order valence-corrected chi connectivity index (χ1v) is 6.97. The lowest BCUT2D eigenvalue weighted by molar-refractivity contribution is 0.199. The molecule has 0 aliphatic heterocycles. The largest absolute Gasteiger partial charge is 0.488 e. The zero-order valence-corrected chi connectivity index (χ0v) is 11.8. The van der Waals surface area contributed by atoms with Gasteiger partial charge in [0.05, 0.1) is 11.0 Å². The molecular weight excluding hydrogens is 300 g/mol. The number of ether oxygens (including phenoxy) is 1. The lowest BCUT2D eigenvalue weighted by Gasteiger charge is -2.08. The maximum atomic E-state index is 9.39. The zero-order chi connectivity index (χ0) is 12.3. The molecule has 1 atom stereocenters. The van der Waals surface area contributed by atoms with Gasteiger partial charge in [-0.15, -0.1) is 11.3 Å². The van der Waals surface area contributed by atoms with Crippen molar-refractivity contribution in [3.63, 3.8) is 0 Å². The van der Waals surface area contributed by atoms with Crippen molar-refractivity contribution >= 4 is 27.3 Å². The fourth-order valence-electron chi connectivity index (χ4n) is 1.42. The Morgan fingerprint density at radius 3 is 2.53 bits per heavy atom. The number of aliphatic hydroxyl groups excluding tert-OH is 1. The molecule has 2 rings (SSSR count). The second-order valence-corrected chi connectivity index (χ2v) is 5.58. The molecule has 17 heavy (non-hydrogen) atoms. The van der Waals surface area contributed by atoms with Crippen LogP contribution in [0, 0.1) is 0 Å². The average molecular weight is 313 g/mol. The van der Waals surface area contributed by atoms with Gasteiger partial charge in [0.25, 0.3) is 0 Å². The first kappa shape index (κ1) is 12.6. The van der Waals surface area contributed by atoms with Crippen molar-refractivity contribution in [2.75, 3.05) is 0 Å². The van der Waals surface area contributed by atoms with Gasteiger partial charge in [-0.1, -0.05) is 12.1 Å². The molecule has 0 radical (unpaired) electrons.